The highest BCUT2D eigenvalue weighted by atomic mass is 16.6. The Morgan fingerprint density at radius 3 is 2.45 bits per heavy atom. The van der Waals surface area contributed by atoms with Gasteiger partial charge in [0.15, 0.2) is 0 Å². The van der Waals surface area contributed by atoms with Crippen molar-refractivity contribution in [3.63, 3.8) is 0 Å². The summed E-state index contributed by atoms with van der Waals surface area (Å²) >= 11 is 0. The highest BCUT2D eigenvalue weighted by Gasteiger charge is 2.31. The number of hydrogen-bond donors (Lipinski definition) is 1. The SMILES string of the molecule is CCCn1nc(C)c([N+](=O)[O-])c1CC(NC)C(C)(C)C. The van der Waals surface area contributed by atoms with Gasteiger partial charge in [0.05, 0.1) is 4.92 Å². The molecule has 0 fully saturated rings. The van der Waals surface area contributed by atoms with Crippen molar-refractivity contribution in [2.45, 2.75) is 60.0 Å². The third-order valence-electron chi connectivity index (χ3n) is 3.61. The molecule has 20 heavy (non-hydrogen) atoms. The first-order valence-electron chi connectivity index (χ1n) is 7.10. The Balaban J connectivity index is 3.23. The van der Waals surface area contributed by atoms with Crippen molar-refractivity contribution in [3.05, 3.63) is 21.5 Å². The van der Waals surface area contributed by atoms with Crippen LogP contribution in [0.5, 0.6) is 0 Å². The van der Waals surface area contributed by atoms with Crippen LogP contribution < -0.4 is 5.32 Å². The molecule has 1 N–H and O–H groups in total. The fraction of sp³-hybridized carbons (Fsp3) is 0.786. The average Bonchev–Trinajstić information content (AvgIpc) is 2.61. The van der Waals surface area contributed by atoms with E-state index in [4.69, 9.17) is 0 Å². The number of nitrogens with zero attached hydrogens (tertiary/aromatic N) is 3. The molecule has 0 saturated heterocycles. The van der Waals surface area contributed by atoms with Gasteiger partial charge in [-0.05, 0) is 25.8 Å². The second kappa shape index (κ2) is 6.35. The molecule has 0 aliphatic heterocycles. The summed E-state index contributed by atoms with van der Waals surface area (Å²) in [5, 5.41) is 18.9. The molecule has 0 aromatic carbocycles. The molecule has 0 bridgehead atoms. The summed E-state index contributed by atoms with van der Waals surface area (Å²) in [4.78, 5) is 11.0. The summed E-state index contributed by atoms with van der Waals surface area (Å²) in [5.74, 6) is 0. The molecular formula is C14H26N4O2. The van der Waals surface area contributed by atoms with Crippen LogP contribution in [0.2, 0.25) is 0 Å². The van der Waals surface area contributed by atoms with E-state index in [1.165, 1.54) is 0 Å². The first-order valence-corrected chi connectivity index (χ1v) is 7.10. The lowest BCUT2D eigenvalue weighted by molar-refractivity contribution is -0.386. The minimum atomic E-state index is -0.306. The molecule has 0 aliphatic carbocycles. The van der Waals surface area contributed by atoms with Crippen molar-refractivity contribution in [1.29, 1.82) is 0 Å². The first-order chi connectivity index (χ1) is 9.22. The van der Waals surface area contributed by atoms with Crippen molar-refractivity contribution in [3.8, 4) is 0 Å². The summed E-state index contributed by atoms with van der Waals surface area (Å²) < 4.78 is 1.80. The van der Waals surface area contributed by atoms with Gasteiger partial charge in [-0.2, -0.15) is 5.10 Å². The van der Waals surface area contributed by atoms with Gasteiger partial charge in [-0.25, -0.2) is 0 Å². The Hall–Kier alpha value is -1.43. The van der Waals surface area contributed by atoms with E-state index in [9.17, 15) is 10.1 Å². The Morgan fingerprint density at radius 2 is 2.05 bits per heavy atom. The summed E-state index contributed by atoms with van der Waals surface area (Å²) in [6.07, 6.45) is 1.52. The van der Waals surface area contributed by atoms with E-state index in [1.807, 2.05) is 14.0 Å². The predicted octanol–water partition coefficient (Wildman–Crippen LogP) is 2.69. The minimum Gasteiger partial charge on any atom is -0.316 e. The lowest BCUT2D eigenvalue weighted by atomic mass is 9.84. The third-order valence-corrected chi connectivity index (χ3v) is 3.61. The highest BCUT2D eigenvalue weighted by molar-refractivity contribution is 5.41. The van der Waals surface area contributed by atoms with E-state index in [0.717, 1.165) is 12.1 Å². The molecule has 0 amide bonds. The predicted molar refractivity (Wildman–Crippen MR) is 79.9 cm³/mol. The van der Waals surface area contributed by atoms with E-state index >= 15 is 0 Å². The van der Waals surface area contributed by atoms with E-state index in [2.05, 4.69) is 31.2 Å². The van der Waals surface area contributed by atoms with Crippen molar-refractivity contribution in [1.82, 2.24) is 15.1 Å². The van der Waals surface area contributed by atoms with Gasteiger partial charge >= 0.3 is 5.69 Å². The second-order valence-electron chi connectivity index (χ2n) is 6.27. The molecule has 1 rings (SSSR count). The van der Waals surface area contributed by atoms with Gasteiger partial charge < -0.3 is 5.32 Å². The van der Waals surface area contributed by atoms with Crippen LogP contribution in [0.15, 0.2) is 0 Å². The van der Waals surface area contributed by atoms with Gasteiger partial charge in [-0.15, -0.1) is 0 Å². The Bertz CT molecular complexity index is 474. The lowest BCUT2D eigenvalue weighted by Crippen LogP contribution is -2.40. The van der Waals surface area contributed by atoms with Crippen LogP contribution >= 0.6 is 0 Å². The number of nitro groups is 1. The minimum absolute atomic E-state index is 0.0256. The number of hydrogen-bond acceptors (Lipinski definition) is 4. The summed E-state index contributed by atoms with van der Waals surface area (Å²) in [6.45, 7) is 10.9. The van der Waals surface area contributed by atoms with Gasteiger partial charge in [0.2, 0.25) is 0 Å². The molecule has 1 aromatic heterocycles. The number of nitrogens with one attached hydrogen (secondary N) is 1. The molecule has 1 unspecified atom stereocenters. The number of aryl methyl sites for hydroxylation is 2. The fourth-order valence-corrected chi connectivity index (χ4v) is 2.49. The van der Waals surface area contributed by atoms with E-state index in [0.29, 0.717) is 18.7 Å². The maximum Gasteiger partial charge on any atom is 0.313 e. The van der Waals surface area contributed by atoms with Gasteiger partial charge in [0.1, 0.15) is 11.4 Å². The van der Waals surface area contributed by atoms with Crippen molar-refractivity contribution < 1.29 is 4.92 Å². The zero-order chi connectivity index (χ0) is 15.5. The summed E-state index contributed by atoms with van der Waals surface area (Å²) in [7, 11) is 1.90. The van der Waals surface area contributed by atoms with Crippen LogP contribution in [-0.4, -0.2) is 27.8 Å². The molecule has 6 nitrogen and oxygen atoms in total. The topological polar surface area (TPSA) is 73.0 Å². The molecule has 0 aliphatic rings. The quantitative estimate of drug-likeness (QED) is 0.643. The van der Waals surface area contributed by atoms with Crippen LogP contribution in [0.25, 0.3) is 0 Å². The molecule has 1 atom stereocenters. The van der Waals surface area contributed by atoms with Crippen LogP contribution in [0, 0.1) is 22.5 Å². The zero-order valence-corrected chi connectivity index (χ0v) is 13.4. The van der Waals surface area contributed by atoms with Crippen LogP contribution in [0.1, 0.15) is 45.5 Å². The van der Waals surface area contributed by atoms with Crippen LogP contribution in [0.3, 0.4) is 0 Å². The normalized spacial score (nSPS) is 13.5. The van der Waals surface area contributed by atoms with Crippen LogP contribution in [0.4, 0.5) is 5.69 Å². The Kier molecular flexibility index (Phi) is 5.28. The number of rotatable bonds is 6. The molecule has 0 saturated carbocycles. The average molecular weight is 282 g/mol. The van der Waals surface area contributed by atoms with E-state index < -0.39 is 0 Å². The van der Waals surface area contributed by atoms with Crippen molar-refractivity contribution >= 4 is 5.69 Å². The first kappa shape index (κ1) is 16.6. The smallest absolute Gasteiger partial charge is 0.313 e. The second-order valence-corrected chi connectivity index (χ2v) is 6.27. The monoisotopic (exact) mass is 282 g/mol. The summed E-state index contributed by atoms with van der Waals surface area (Å²) in [5.41, 5.74) is 1.42. The molecule has 1 aromatic rings. The highest BCUT2D eigenvalue weighted by Crippen LogP contribution is 2.29. The molecule has 0 radical (unpaired) electrons. The zero-order valence-electron chi connectivity index (χ0n) is 13.4. The Labute approximate surface area is 120 Å². The van der Waals surface area contributed by atoms with Gasteiger partial charge in [-0.3, -0.25) is 14.8 Å². The number of aromatic nitrogens is 2. The maximum atomic E-state index is 11.3. The van der Waals surface area contributed by atoms with Crippen molar-refractivity contribution in [2.75, 3.05) is 7.05 Å². The van der Waals surface area contributed by atoms with Gasteiger partial charge in [0.25, 0.3) is 0 Å². The van der Waals surface area contributed by atoms with Crippen molar-refractivity contribution in [2.24, 2.45) is 5.41 Å². The van der Waals surface area contributed by atoms with Gasteiger partial charge in [-0.1, -0.05) is 27.7 Å². The van der Waals surface area contributed by atoms with E-state index in [1.54, 1.807) is 11.6 Å². The summed E-state index contributed by atoms with van der Waals surface area (Å²) in [6, 6.07) is 0.160. The third kappa shape index (κ3) is 3.56. The molecule has 0 spiro atoms. The fourth-order valence-electron chi connectivity index (χ4n) is 2.49. The standard InChI is InChI=1S/C14H26N4O2/c1-7-8-17-11(9-12(15-6)14(3,4)5)13(18(19)20)10(2)16-17/h12,15H,7-9H2,1-6H3. The molecule has 114 valence electrons. The van der Waals surface area contributed by atoms with Gasteiger partial charge in [0, 0.05) is 19.0 Å². The lowest BCUT2D eigenvalue weighted by Gasteiger charge is -2.30. The molecule has 1 heterocycles. The van der Waals surface area contributed by atoms with Crippen LogP contribution in [-0.2, 0) is 13.0 Å². The van der Waals surface area contributed by atoms with E-state index in [-0.39, 0.29) is 22.1 Å². The maximum absolute atomic E-state index is 11.3. The number of likely N-dealkylation sites (N-methyl/N-ethyl adjacent to an activating group) is 1. The molecular weight excluding hydrogens is 256 g/mol. The Morgan fingerprint density at radius 1 is 1.45 bits per heavy atom. The largest absolute Gasteiger partial charge is 0.316 e. The molecule has 6 heteroatoms.